The number of hydrogen-bond donors (Lipinski definition) is 1. The zero-order chi connectivity index (χ0) is 12.8. The number of methoxy groups -OCH3 is 1. The Hall–Kier alpha value is -1.14. The van der Waals surface area contributed by atoms with Crippen molar-refractivity contribution in [3.63, 3.8) is 0 Å². The van der Waals surface area contributed by atoms with Crippen LogP contribution >= 0.6 is 0 Å². The highest BCUT2D eigenvalue weighted by Crippen LogP contribution is 2.05. The van der Waals surface area contributed by atoms with E-state index in [1.807, 2.05) is 0 Å². The third-order valence-electron chi connectivity index (χ3n) is 3.03. The molecule has 1 saturated heterocycles. The average Bonchev–Trinajstić information content (AvgIpc) is 2.35. The first-order valence-electron chi connectivity index (χ1n) is 5.80. The molecule has 1 aliphatic rings. The predicted molar refractivity (Wildman–Crippen MR) is 61.7 cm³/mol. The van der Waals surface area contributed by atoms with E-state index in [-0.39, 0.29) is 12.3 Å². The first-order chi connectivity index (χ1) is 8.04. The summed E-state index contributed by atoms with van der Waals surface area (Å²) in [6.07, 6.45) is -0.247. The van der Waals surface area contributed by atoms with Crippen LogP contribution in [0.15, 0.2) is 0 Å². The van der Waals surface area contributed by atoms with Crippen molar-refractivity contribution < 1.29 is 19.4 Å². The molecule has 1 aliphatic heterocycles. The normalized spacial score (nSPS) is 19.1. The number of carbonyl (C=O) groups excluding carboxylic acids is 1. The number of nitrogens with zero attached hydrogens (tertiary/aromatic N) is 2. The molecular formula is C11H20N2O4. The fourth-order valence-corrected chi connectivity index (χ4v) is 1.80. The fourth-order valence-electron chi connectivity index (χ4n) is 1.80. The molecule has 0 aromatic rings. The number of ether oxygens (including phenoxy) is 1. The number of hydrogen-bond acceptors (Lipinski definition) is 4. The van der Waals surface area contributed by atoms with Gasteiger partial charge in [0.1, 0.15) is 6.10 Å². The maximum absolute atomic E-state index is 11.8. The van der Waals surface area contributed by atoms with E-state index in [0.29, 0.717) is 19.6 Å². The average molecular weight is 244 g/mol. The van der Waals surface area contributed by atoms with Crippen LogP contribution < -0.4 is 0 Å². The summed E-state index contributed by atoms with van der Waals surface area (Å²) in [6, 6.07) is 0. The molecule has 0 radical (unpaired) electrons. The van der Waals surface area contributed by atoms with Gasteiger partial charge in [0.25, 0.3) is 5.91 Å². The van der Waals surface area contributed by atoms with Crippen molar-refractivity contribution in [3.05, 3.63) is 0 Å². The van der Waals surface area contributed by atoms with E-state index in [2.05, 4.69) is 4.90 Å². The molecule has 0 aromatic heterocycles. The Balaban J connectivity index is 2.30. The highest BCUT2D eigenvalue weighted by molar-refractivity contribution is 5.80. The number of piperazine rings is 1. The van der Waals surface area contributed by atoms with Crippen LogP contribution in [0.5, 0.6) is 0 Å². The van der Waals surface area contributed by atoms with Gasteiger partial charge in [-0.3, -0.25) is 14.5 Å². The molecule has 0 spiro atoms. The van der Waals surface area contributed by atoms with E-state index in [0.717, 1.165) is 13.1 Å². The van der Waals surface area contributed by atoms with Crippen molar-refractivity contribution in [3.8, 4) is 0 Å². The summed E-state index contributed by atoms with van der Waals surface area (Å²) in [4.78, 5) is 26.1. The third kappa shape index (κ3) is 4.32. The largest absolute Gasteiger partial charge is 0.481 e. The second-order valence-electron chi connectivity index (χ2n) is 4.19. The molecule has 0 bridgehead atoms. The topological polar surface area (TPSA) is 70.1 Å². The van der Waals surface area contributed by atoms with Crippen molar-refractivity contribution in [1.82, 2.24) is 9.80 Å². The van der Waals surface area contributed by atoms with Crippen LogP contribution in [0.2, 0.25) is 0 Å². The molecule has 0 saturated carbocycles. The summed E-state index contributed by atoms with van der Waals surface area (Å²) < 4.78 is 4.99. The van der Waals surface area contributed by atoms with Gasteiger partial charge in [0.05, 0.1) is 6.42 Å². The smallest absolute Gasteiger partial charge is 0.304 e. The molecule has 6 nitrogen and oxygen atoms in total. The number of carboxylic acid groups (broad SMARTS) is 1. The Kier molecular flexibility index (Phi) is 5.37. The zero-order valence-electron chi connectivity index (χ0n) is 10.4. The number of amides is 1. The zero-order valence-corrected chi connectivity index (χ0v) is 10.4. The minimum atomic E-state index is -0.781. The summed E-state index contributed by atoms with van der Waals surface area (Å²) in [5, 5.41) is 8.58. The number of aliphatic carboxylic acids is 1. The van der Waals surface area contributed by atoms with Crippen LogP contribution in [-0.4, -0.2) is 72.7 Å². The van der Waals surface area contributed by atoms with Crippen molar-refractivity contribution in [2.24, 2.45) is 0 Å². The lowest BCUT2D eigenvalue weighted by Gasteiger charge is -2.35. The van der Waals surface area contributed by atoms with Gasteiger partial charge in [0.15, 0.2) is 0 Å². The van der Waals surface area contributed by atoms with Crippen LogP contribution in [0, 0.1) is 0 Å². The van der Waals surface area contributed by atoms with E-state index in [9.17, 15) is 9.59 Å². The number of rotatable bonds is 5. The second-order valence-corrected chi connectivity index (χ2v) is 4.19. The van der Waals surface area contributed by atoms with Crippen LogP contribution in [0.25, 0.3) is 0 Å². The third-order valence-corrected chi connectivity index (χ3v) is 3.03. The van der Waals surface area contributed by atoms with Gasteiger partial charge in [-0.25, -0.2) is 0 Å². The van der Waals surface area contributed by atoms with Crippen LogP contribution in [0.3, 0.4) is 0 Å². The van der Waals surface area contributed by atoms with Gasteiger partial charge in [-0.15, -0.1) is 0 Å². The monoisotopic (exact) mass is 244 g/mol. The van der Waals surface area contributed by atoms with Crippen molar-refractivity contribution >= 4 is 11.9 Å². The Morgan fingerprint density at radius 2 is 1.88 bits per heavy atom. The number of carboxylic acids is 1. The van der Waals surface area contributed by atoms with Crippen molar-refractivity contribution in [1.29, 1.82) is 0 Å². The highest BCUT2D eigenvalue weighted by Gasteiger charge is 2.24. The quantitative estimate of drug-likeness (QED) is 0.715. The summed E-state index contributed by atoms with van der Waals surface area (Å²) in [7, 11) is 1.52. The highest BCUT2D eigenvalue weighted by atomic mass is 16.5. The lowest BCUT2D eigenvalue weighted by atomic mass is 10.2. The molecule has 1 fully saturated rings. The van der Waals surface area contributed by atoms with Crippen LogP contribution in [0.1, 0.15) is 13.3 Å². The van der Waals surface area contributed by atoms with Crippen LogP contribution in [0.4, 0.5) is 0 Å². The van der Waals surface area contributed by atoms with Gasteiger partial charge < -0.3 is 14.7 Å². The minimum Gasteiger partial charge on any atom is -0.481 e. The first kappa shape index (κ1) is 13.9. The van der Waals surface area contributed by atoms with Crippen molar-refractivity contribution in [2.45, 2.75) is 19.4 Å². The molecule has 1 rings (SSSR count). The van der Waals surface area contributed by atoms with Crippen LogP contribution in [-0.2, 0) is 14.3 Å². The van der Waals surface area contributed by atoms with Gasteiger partial charge in [0, 0.05) is 39.8 Å². The molecule has 1 atom stereocenters. The van der Waals surface area contributed by atoms with Gasteiger partial charge in [0.2, 0.25) is 0 Å². The lowest BCUT2D eigenvalue weighted by Crippen LogP contribution is -2.51. The van der Waals surface area contributed by atoms with E-state index in [1.165, 1.54) is 7.11 Å². The Morgan fingerprint density at radius 3 is 2.35 bits per heavy atom. The number of carbonyl (C=O) groups is 2. The molecule has 1 unspecified atom stereocenters. The van der Waals surface area contributed by atoms with Gasteiger partial charge in [-0.05, 0) is 6.92 Å². The molecule has 1 amide bonds. The first-order valence-corrected chi connectivity index (χ1v) is 5.80. The maximum atomic E-state index is 11.8. The van der Waals surface area contributed by atoms with Gasteiger partial charge >= 0.3 is 5.97 Å². The lowest BCUT2D eigenvalue weighted by molar-refractivity contribution is -0.143. The Morgan fingerprint density at radius 1 is 1.29 bits per heavy atom. The summed E-state index contributed by atoms with van der Waals surface area (Å²) in [5.41, 5.74) is 0. The summed E-state index contributed by atoms with van der Waals surface area (Å²) in [5.74, 6) is -0.776. The molecule has 1 heterocycles. The molecule has 17 heavy (non-hydrogen) atoms. The molecule has 0 aliphatic carbocycles. The van der Waals surface area contributed by atoms with Crippen molar-refractivity contribution in [2.75, 3.05) is 39.8 Å². The fraction of sp³-hybridized carbons (Fsp3) is 0.818. The predicted octanol–water partition coefficient (Wildman–Crippen LogP) is -0.360. The van der Waals surface area contributed by atoms with Gasteiger partial charge in [-0.1, -0.05) is 0 Å². The van der Waals surface area contributed by atoms with Gasteiger partial charge in [-0.2, -0.15) is 0 Å². The maximum Gasteiger partial charge on any atom is 0.304 e. The summed E-state index contributed by atoms with van der Waals surface area (Å²) >= 11 is 0. The Bertz CT molecular complexity index is 275. The Labute approximate surface area is 101 Å². The molecule has 0 aromatic carbocycles. The molecule has 98 valence electrons. The minimum absolute atomic E-state index is 0.00499. The standard InChI is InChI=1S/C11H20N2O4/c1-9(17-2)11(16)13-7-5-12(6-8-13)4-3-10(14)15/h9H,3-8H2,1-2H3,(H,14,15). The summed E-state index contributed by atoms with van der Waals surface area (Å²) in [6.45, 7) is 5.04. The molecular weight excluding hydrogens is 224 g/mol. The van der Waals surface area contributed by atoms with E-state index in [1.54, 1.807) is 11.8 Å². The molecule has 6 heteroatoms. The molecule has 1 N–H and O–H groups in total. The van der Waals surface area contributed by atoms with E-state index in [4.69, 9.17) is 9.84 Å². The van der Waals surface area contributed by atoms with E-state index < -0.39 is 12.1 Å². The second kappa shape index (κ2) is 6.56. The van der Waals surface area contributed by atoms with E-state index >= 15 is 0 Å². The SMILES string of the molecule is COC(C)C(=O)N1CCN(CCC(=O)O)CC1.